The van der Waals surface area contributed by atoms with Crippen LogP contribution < -0.4 is 0 Å². The Bertz CT molecular complexity index is 1080. The van der Waals surface area contributed by atoms with Crippen molar-refractivity contribution >= 4 is 22.7 Å². The van der Waals surface area contributed by atoms with Crippen molar-refractivity contribution < 1.29 is 0 Å². The van der Waals surface area contributed by atoms with E-state index in [1.807, 2.05) is 24.3 Å². The molecule has 0 radical (unpaired) electrons. The van der Waals surface area contributed by atoms with E-state index in [-0.39, 0.29) is 0 Å². The predicted molar refractivity (Wildman–Crippen MR) is 104 cm³/mol. The molecule has 3 heterocycles. The summed E-state index contributed by atoms with van der Waals surface area (Å²) >= 11 is 3.49. The first-order chi connectivity index (χ1) is 12.1. The van der Waals surface area contributed by atoms with Crippen molar-refractivity contribution in [1.82, 2.24) is 9.55 Å². The van der Waals surface area contributed by atoms with Crippen LogP contribution in [0.2, 0.25) is 0 Å². The molecule has 0 aliphatic heterocycles. The van der Waals surface area contributed by atoms with Crippen LogP contribution >= 0.6 is 22.7 Å². The summed E-state index contributed by atoms with van der Waals surface area (Å²) in [4.78, 5) is 9.76. The monoisotopic (exact) mass is 361 g/mol. The highest BCUT2D eigenvalue weighted by Gasteiger charge is 2.15. The Morgan fingerprint density at radius 2 is 1.52 bits per heavy atom. The standard InChI is InChI=1S/C20H15N3S2/c1-13-3-9-18(24-13)17-12-23(16-7-5-15(11-21)6-8-16)20(22-17)19-10-4-14(2)25-19/h3-10,12H,1-2H3. The van der Waals surface area contributed by atoms with Gasteiger partial charge in [-0.15, -0.1) is 22.7 Å². The van der Waals surface area contributed by atoms with Gasteiger partial charge in [-0.3, -0.25) is 4.57 Å². The molecule has 0 atom stereocenters. The maximum absolute atomic E-state index is 9.02. The lowest BCUT2D eigenvalue weighted by Gasteiger charge is -2.06. The van der Waals surface area contributed by atoms with Gasteiger partial charge < -0.3 is 0 Å². The van der Waals surface area contributed by atoms with Gasteiger partial charge in [0.2, 0.25) is 0 Å². The molecule has 0 amide bonds. The number of hydrogen-bond donors (Lipinski definition) is 0. The Kier molecular flexibility index (Phi) is 4.00. The van der Waals surface area contributed by atoms with Crippen molar-refractivity contribution in [1.29, 1.82) is 5.26 Å². The molecular formula is C20H15N3S2. The number of hydrogen-bond acceptors (Lipinski definition) is 4. The highest BCUT2D eigenvalue weighted by Crippen LogP contribution is 2.34. The fourth-order valence-corrected chi connectivity index (χ4v) is 4.37. The number of nitriles is 1. The third kappa shape index (κ3) is 3.02. The molecule has 0 saturated heterocycles. The molecule has 0 unspecified atom stereocenters. The molecule has 0 saturated carbocycles. The van der Waals surface area contributed by atoms with Crippen LogP contribution in [0.15, 0.2) is 54.7 Å². The number of rotatable bonds is 3. The van der Waals surface area contributed by atoms with Crippen LogP contribution in [0, 0.1) is 25.2 Å². The highest BCUT2D eigenvalue weighted by molar-refractivity contribution is 7.15. The fraction of sp³-hybridized carbons (Fsp3) is 0.100. The van der Waals surface area contributed by atoms with Crippen molar-refractivity contribution in [2.45, 2.75) is 13.8 Å². The molecule has 5 heteroatoms. The van der Waals surface area contributed by atoms with Crippen LogP contribution in [0.5, 0.6) is 0 Å². The molecule has 1 aromatic carbocycles. The molecule has 3 aromatic heterocycles. The van der Waals surface area contributed by atoms with Gasteiger partial charge in [-0.05, 0) is 62.4 Å². The lowest BCUT2D eigenvalue weighted by Crippen LogP contribution is -1.94. The summed E-state index contributed by atoms with van der Waals surface area (Å²) in [5.41, 5.74) is 2.64. The Labute approximate surface area is 154 Å². The largest absolute Gasteiger partial charge is 0.298 e. The van der Waals surface area contributed by atoms with Crippen LogP contribution in [0.25, 0.3) is 27.0 Å². The fourth-order valence-electron chi connectivity index (χ4n) is 2.69. The average Bonchev–Trinajstić information content (AvgIpc) is 3.34. The number of benzene rings is 1. The summed E-state index contributed by atoms with van der Waals surface area (Å²) in [5.74, 6) is 0.934. The van der Waals surface area contributed by atoms with E-state index >= 15 is 0 Å². The van der Waals surface area contributed by atoms with Crippen LogP contribution in [0.3, 0.4) is 0 Å². The minimum absolute atomic E-state index is 0.659. The van der Waals surface area contributed by atoms with Gasteiger partial charge >= 0.3 is 0 Å². The molecule has 0 N–H and O–H groups in total. The maximum Gasteiger partial charge on any atom is 0.155 e. The maximum atomic E-state index is 9.02. The van der Waals surface area contributed by atoms with Crippen LogP contribution in [-0.2, 0) is 0 Å². The Morgan fingerprint density at radius 1 is 0.880 bits per heavy atom. The topological polar surface area (TPSA) is 41.6 Å². The van der Waals surface area contributed by atoms with E-state index in [2.05, 4.69) is 54.9 Å². The molecule has 25 heavy (non-hydrogen) atoms. The summed E-state index contributed by atoms with van der Waals surface area (Å²) in [7, 11) is 0. The van der Waals surface area contributed by atoms with Crippen molar-refractivity contribution in [3.05, 3.63) is 70.0 Å². The molecule has 3 nitrogen and oxygen atoms in total. The van der Waals surface area contributed by atoms with E-state index in [4.69, 9.17) is 10.2 Å². The smallest absolute Gasteiger partial charge is 0.155 e. The Morgan fingerprint density at radius 3 is 2.08 bits per heavy atom. The van der Waals surface area contributed by atoms with Crippen LogP contribution in [-0.4, -0.2) is 9.55 Å². The molecule has 0 bridgehead atoms. The van der Waals surface area contributed by atoms with E-state index < -0.39 is 0 Å². The lowest BCUT2D eigenvalue weighted by atomic mass is 10.2. The Balaban J connectivity index is 1.88. The summed E-state index contributed by atoms with van der Waals surface area (Å²) in [6.45, 7) is 4.21. The van der Waals surface area contributed by atoms with Gasteiger partial charge in [-0.25, -0.2) is 4.98 Å². The number of thiophene rings is 2. The second kappa shape index (κ2) is 6.32. The second-order valence-electron chi connectivity index (χ2n) is 5.80. The number of aryl methyl sites for hydroxylation is 2. The third-order valence-corrected chi connectivity index (χ3v) is 5.95. The molecule has 122 valence electrons. The molecule has 0 aliphatic rings. The third-order valence-electron chi connectivity index (χ3n) is 3.93. The van der Waals surface area contributed by atoms with Crippen molar-refractivity contribution in [2.75, 3.05) is 0 Å². The molecule has 4 aromatic rings. The van der Waals surface area contributed by atoms with Crippen molar-refractivity contribution in [2.24, 2.45) is 0 Å². The van der Waals surface area contributed by atoms with Gasteiger partial charge in [0, 0.05) is 21.6 Å². The van der Waals surface area contributed by atoms with Gasteiger partial charge in [-0.1, -0.05) is 0 Å². The quantitative estimate of drug-likeness (QED) is 0.461. The van der Waals surface area contributed by atoms with E-state index in [1.54, 1.807) is 22.7 Å². The summed E-state index contributed by atoms with van der Waals surface area (Å²) in [6, 6.07) is 18.3. The first-order valence-electron chi connectivity index (χ1n) is 7.87. The summed E-state index contributed by atoms with van der Waals surface area (Å²) in [5, 5.41) is 9.02. The van der Waals surface area contributed by atoms with Gasteiger partial charge in [0.25, 0.3) is 0 Å². The van der Waals surface area contributed by atoms with Gasteiger partial charge in [0.05, 0.1) is 27.1 Å². The number of imidazole rings is 1. The van der Waals surface area contributed by atoms with Crippen LogP contribution in [0.1, 0.15) is 15.3 Å². The molecule has 0 fully saturated rings. The van der Waals surface area contributed by atoms with Gasteiger partial charge in [-0.2, -0.15) is 5.26 Å². The van der Waals surface area contributed by atoms with E-state index in [0.717, 1.165) is 22.1 Å². The summed E-state index contributed by atoms with van der Waals surface area (Å²) in [6.07, 6.45) is 2.08. The molecular weight excluding hydrogens is 346 g/mol. The zero-order valence-corrected chi connectivity index (χ0v) is 15.5. The second-order valence-corrected chi connectivity index (χ2v) is 8.37. The average molecular weight is 361 g/mol. The molecule has 4 rings (SSSR count). The highest BCUT2D eigenvalue weighted by atomic mass is 32.1. The number of nitrogens with zero attached hydrogens (tertiary/aromatic N) is 3. The van der Waals surface area contributed by atoms with Crippen molar-refractivity contribution in [3.63, 3.8) is 0 Å². The predicted octanol–water partition coefficient (Wildman–Crippen LogP) is 5.82. The minimum Gasteiger partial charge on any atom is -0.298 e. The Hall–Kier alpha value is -2.68. The van der Waals surface area contributed by atoms with Gasteiger partial charge in [0.1, 0.15) is 0 Å². The van der Waals surface area contributed by atoms with E-state index in [9.17, 15) is 0 Å². The zero-order chi connectivity index (χ0) is 17.4. The minimum atomic E-state index is 0.659. The normalized spacial score (nSPS) is 10.8. The molecule has 0 aliphatic carbocycles. The molecule has 0 spiro atoms. The summed E-state index contributed by atoms with van der Waals surface area (Å²) < 4.78 is 2.11. The first-order valence-corrected chi connectivity index (χ1v) is 9.51. The first kappa shape index (κ1) is 15.8. The van der Waals surface area contributed by atoms with E-state index in [0.29, 0.717) is 5.56 Å². The SMILES string of the molecule is Cc1ccc(-c2cn(-c3ccc(C#N)cc3)c(-c3ccc(C)s3)n2)s1. The lowest BCUT2D eigenvalue weighted by molar-refractivity contribution is 1.07. The zero-order valence-electron chi connectivity index (χ0n) is 13.9. The number of aromatic nitrogens is 2. The van der Waals surface area contributed by atoms with E-state index in [1.165, 1.54) is 14.6 Å². The van der Waals surface area contributed by atoms with Crippen molar-refractivity contribution in [3.8, 4) is 33.0 Å². The van der Waals surface area contributed by atoms with Gasteiger partial charge in [0.15, 0.2) is 5.82 Å². The van der Waals surface area contributed by atoms with Crippen LogP contribution in [0.4, 0.5) is 0 Å².